The molecule has 1 atom stereocenters. The molecule has 1 aliphatic heterocycles. The van der Waals surface area contributed by atoms with Crippen LogP contribution >= 0.6 is 0 Å². The summed E-state index contributed by atoms with van der Waals surface area (Å²) >= 11 is 0. The first-order chi connectivity index (χ1) is 18.7. The third-order valence-electron chi connectivity index (χ3n) is 7.64. The van der Waals surface area contributed by atoms with Crippen LogP contribution in [-0.2, 0) is 28.0 Å². The van der Waals surface area contributed by atoms with Crippen LogP contribution in [0.15, 0.2) is 48.5 Å². The summed E-state index contributed by atoms with van der Waals surface area (Å²) in [5.41, 5.74) is 3.37. The Hall–Kier alpha value is -3.85. The molecular weight excluding hydrogens is 496 g/mol. The van der Waals surface area contributed by atoms with Gasteiger partial charge >= 0.3 is 0 Å². The molecule has 1 aliphatic carbocycles. The lowest BCUT2D eigenvalue weighted by atomic mass is 10.00. The largest absolute Gasteiger partial charge is 0.454 e. The molecule has 0 unspecified atom stereocenters. The molecule has 1 aromatic heterocycles. The molecule has 0 bridgehead atoms. The van der Waals surface area contributed by atoms with Gasteiger partial charge in [-0.15, -0.1) is 0 Å². The molecule has 9 nitrogen and oxygen atoms in total. The van der Waals surface area contributed by atoms with E-state index in [-0.39, 0.29) is 25.2 Å². The van der Waals surface area contributed by atoms with Crippen molar-refractivity contribution in [3.8, 4) is 11.5 Å². The summed E-state index contributed by atoms with van der Waals surface area (Å²) in [5.74, 6) is 1.04. The van der Waals surface area contributed by atoms with Crippen molar-refractivity contribution < 1.29 is 24.2 Å². The number of benzene rings is 2. The van der Waals surface area contributed by atoms with E-state index in [4.69, 9.17) is 14.6 Å². The highest BCUT2D eigenvalue weighted by Crippen LogP contribution is 2.42. The maximum atomic E-state index is 13.9. The molecule has 0 radical (unpaired) electrons. The minimum absolute atomic E-state index is 0.0265. The van der Waals surface area contributed by atoms with Gasteiger partial charge in [-0.25, -0.2) is 0 Å². The van der Waals surface area contributed by atoms with Crippen LogP contribution in [0.3, 0.4) is 0 Å². The summed E-state index contributed by atoms with van der Waals surface area (Å²) in [4.78, 5) is 29.2. The minimum atomic E-state index is -1.06. The molecule has 0 spiro atoms. The van der Waals surface area contributed by atoms with Gasteiger partial charge in [-0.2, -0.15) is 5.10 Å². The van der Waals surface area contributed by atoms with Crippen molar-refractivity contribution in [2.45, 2.75) is 64.0 Å². The van der Waals surface area contributed by atoms with E-state index < -0.39 is 11.6 Å². The molecule has 1 saturated carbocycles. The number of anilines is 1. The average molecular weight is 533 g/mol. The third-order valence-corrected chi connectivity index (χ3v) is 7.64. The van der Waals surface area contributed by atoms with Gasteiger partial charge in [0.05, 0.1) is 5.69 Å². The molecule has 9 heteroatoms. The van der Waals surface area contributed by atoms with E-state index in [0.717, 1.165) is 35.4 Å². The highest BCUT2D eigenvalue weighted by molar-refractivity contribution is 6.00. The lowest BCUT2D eigenvalue weighted by molar-refractivity contribution is -0.133. The first-order valence-electron chi connectivity index (χ1n) is 13.4. The van der Waals surface area contributed by atoms with Gasteiger partial charge in [0.2, 0.25) is 18.6 Å². The second kappa shape index (κ2) is 10.7. The maximum Gasteiger partial charge on any atom is 0.249 e. The molecule has 3 aromatic rings. The van der Waals surface area contributed by atoms with Gasteiger partial charge in [-0.3, -0.25) is 14.3 Å². The van der Waals surface area contributed by atoms with E-state index in [2.05, 4.69) is 5.32 Å². The Labute approximate surface area is 228 Å². The number of nitrogens with zero attached hydrogens (tertiary/aromatic N) is 3. The number of aromatic nitrogens is 2. The van der Waals surface area contributed by atoms with Crippen molar-refractivity contribution in [2.75, 3.05) is 25.3 Å². The zero-order chi connectivity index (χ0) is 27.7. The average Bonchev–Trinajstić information content (AvgIpc) is 3.57. The van der Waals surface area contributed by atoms with Crippen LogP contribution in [0.2, 0.25) is 0 Å². The highest BCUT2D eigenvalue weighted by atomic mass is 16.7. The number of amides is 2. The molecule has 0 saturated heterocycles. The fraction of sp³-hybridized carbons (Fsp3) is 0.433. The van der Waals surface area contributed by atoms with Crippen LogP contribution < -0.4 is 19.7 Å². The number of rotatable bonds is 10. The molecule has 206 valence electrons. The van der Waals surface area contributed by atoms with Crippen molar-refractivity contribution >= 4 is 17.5 Å². The van der Waals surface area contributed by atoms with Crippen molar-refractivity contribution in [3.63, 3.8) is 0 Å². The highest BCUT2D eigenvalue weighted by Gasteiger charge is 2.39. The second-order valence-electron chi connectivity index (χ2n) is 10.8. The van der Waals surface area contributed by atoms with Gasteiger partial charge in [0, 0.05) is 43.4 Å². The first kappa shape index (κ1) is 26.7. The van der Waals surface area contributed by atoms with Crippen LogP contribution in [0.5, 0.6) is 11.5 Å². The van der Waals surface area contributed by atoms with Crippen LogP contribution in [-0.4, -0.2) is 53.2 Å². The first-order valence-corrected chi connectivity index (χ1v) is 13.4. The summed E-state index contributed by atoms with van der Waals surface area (Å²) in [6, 6.07) is 14.2. The Bertz CT molecular complexity index is 1360. The Balaban J connectivity index is 1.42. The number of carbonyl (C=O) groups is 2. The predicted molar refractivity (Wildman–Crippen MR) is 147 cm³/mol. The summed E-state index contributed by atoms with van der Waals surface area (Å²) < 4.78 is 12.6. The van der Waals surface area contributed by atoms with E-state index >= 15 is 0 Å². The molecule has 2 heterocycles. The standard InChI is InChI=1S/C30H36N4O5/c1-19-23(14-15-35)27(21-10-11-21)32-34(19)30(2,3)29(37)31-24(16-20-8-6-5-7-9-20)28(36)33(4)22-12-13-25-26(17-22)39-18-38-25/h5-9,12-13,17,21,24,35H,10-11,14-16,18H2,1-4H3,(H,31,37)/t24-/m0/s1. The minimum Gasteiger partial charge on any atom is -0.454 e. The van der Waals surface area contributed by atoms with Gasteiger partial charge < -0.3 is 24.8 Å². The third kappa shape index (κ3) is 5.36. The van der Waals surface area contributed by atoms with Crippen molar-refractivity contribution in [3.05, 3.63) is 71.0 Å². The van der Waals surface area contributed by atoms with E-state index in [9.17, 15) is 14.7 Å². The summed E-state index contributed by atoms with van der Waals surface area (Å²) in [6.07, 6.45) is 2.98. The maximum absolute atomic E-state index is 13.9. The van der Waals surface area contributed by atoms with E-state index in [1.54, 1.807) is 29.9 Å². The van der Waals surface area contributed by atoms with Gasteiger partial charge in [0.25, 0.3) is 0 Å². The SMILES string of the molecule is Cc1c(CCO)c(C2CC2)nn1C(C)(C)C(=O)N[C@@H](Cc1ccccc1)C(=O)N(C)c1ccc2c(c1)OCO2. The Kier molecular flexibility index (Phi) is 7.36. The fourth-order valence-corrected chi connectivity index (χ4v) is 5.14. The van der Waals surface area contributed by atoms with Crippen molar-refractivity contribution in [1.82, 2.24) is 15.1 Å². The van der Waals surface area contributed by atoms with Gasteiger partial charge in [-0.1, -0.05) is 30.3 Å². The fourth-order valence-electron chi connectivity index (χ4n) is 5.14. The number of ether oxygens (including phenoxy) is 2. The van der Waals surface area contributed by atoms with Crippen LogP contribution in [0.1, 0.15) is 55.1 Å². The number of nitrogens with one attached hydrogen (secondary N) is 1. The lowest BCUT2D eigenvalue weighted by Gasteiger charge is -2.30. The molecule has 1 fully saturated rings. The molecule has 5 rings (SSSR count). The van der Waals surface area contributed by atoms with Crippen LogP contribution in [0.4, 0.5) is 5.69 Å². The van der Waals surface area contributed by atoms with E-state index in [1.807, 2.05) is 51.1 Å². The number of likely N-dealkylation sites (N-methyl/N-ethyl adjacent to an activating group) is 1. The molecule has 2 aromatic carbocycles. The normalized spacial score (nSPS) is 15.2. The van der Waals surface area contributed by atoms with Gasteiger partial charge in [-0.05, 0) is 63.3 Å². The molecule has 39 heavy (non-hydrogen) atoms. The Morgan fingerprint density at radius 3 is 2.56 bits per heavy atom. The zero-order valence-electron chi connectivity index (χ0n) is 22.9. The lowest BCUT2D eigenvalue weighted by Crippen LogP contribution is -2.54. The van der Waals surface area contributed by atoms with E-state index in [1.165, 1.54) is 4.90 Å². The smallest absolute Gasteiger partial charge is 0.249 e. The monoisotopic (exact) mass is 532 g/mol. The van der Waals surface area contributed by atoms with Gasteiger partial charge in [0.1, 0.15) is 11.6 Å². The zero-order valence-corrected chi connectivity index (χ0v) is 22.9. The number of fused-ring (bicyclic) bond motifs is 1. The van der Waals surface area contributed by atoms with E-state index in [0.29, 0.717) is 35.9 Å². The number of aliphatic hydroxyl groups excluding tert-OH is 1. The quantitative estimate of drug-likeness (QED) is 0.414. The van der Waals surface area contributed by atoms with Crippen molar-refractivity contribution in [1.29, 1.82) is 0 Å². The number of hydrogen-bond donors (Lipinski definition) is 2. The second-order valence-corrected chi connectivity index (χ2v) is 10.8. The molecule has 2 aliphatic rings. The molecular formula is C30H36N4O5. The van der Waals surface area contributed by atoms with Crippen molar-refractivity contribution in [2.24, 2.45) is 0 Å². The summed E-state index contributed by atoms with van der Waals surface area (Å²) in [6.45, 7) is 5.74. The van der Waals surface area contributed by atoms with Crippen LogP contribution in [0.25, 0.3) is 0 Å². The molecule has 2 N–H and O–H groups in total. The number of hydrogen-bond acceptors (Lipinski definition) is 6. The van der Waals surface area contributed by atoms with Crippen LogP contribution in [0, 0.1) is 6.92 Å². The number of carbonyl (C=O) groups excluding carboxylic acids is 2. The Morgan fingerprint density at radius 2 is 1.87 bits per heavy atom. The number of aliphatic hydroxyl groups is 1. The summed E-state index contributed by atoms with van der Waals surface area (Å²) in [7, 11) is 1.69. The van der Waals surface area contributed by atoms with Gasteiger partial charge in [0.15, 0.2) is 11.5 Å². The predicted octanol–water partition coefficient (Wildman–Crippen LogP) is 3.46. The summed E-state index contributed by atoms with van der Waals surface area (Å²) in [5, 5.41) is 17.5. The molecule has 2 amide bonds. The Morgan fingerprint density at radius 1 is 1.15 bits per heavy atom. The topological polar surface area (TPSA) is 106 Å².